The normalized spacial score (nSPS) is 10.5. The van der Waals surface area contributed by atoms with Gasteiger partial charge in [-0.2, -0.15) is 0 Å². The molecule has 1 heterocycles. The first kappa shape index (κ1) is 15.4. The van der Waals surface area contributed by atoms with E-state index in [0.717, 1.165) is 28.1 Å². The number of ether oxygens (including phenoxy) is 2. The molecule has 1 aromatic heterocycles. The maximum absolute atomic E-state index is 6.07. The Morgan fingerprint density at radius 2 is 1.78 bits per heavy atom. The summed E-state index contributed by atoms with van der Waals surface area (Å²) in [6.07, 6.45) is 0. The van der Waals surface area contributed by atoms with Gasteiger partial charge in [0.05, 0.1) is 13.7 Å². The molecule has 23 heavy (non-hydrogen) atoms. The predicted molar refractivity (Wildman–Crippen MR) is 93.7 cm³/mol. The molecule has 0 atom stereocenters. The number of halogens is 1. The Morgan fingerprint density at radius 3 is 2.57 bits per heavy atom. The molecule has 3 rings (SSSR count). The molecular formula is C18H17ClN2O2. The van der Waals surface area contributed by atoms with E-state index in [1.165, 1.54) is 0 Å². The summed E-state index contributed by atoms with van der Waals surface area (Å²) in [5.41, 5.74) is 0. The fourth-order valence-electron chi connectivity index (χ4n) is 2.31. The number of pyridine rings is 1. The van der Waals surface area contributed by atoms with Gasteiger partial charge in [0.1, 0.15) is 29.1 Å². The summed E-state index contributed by atoms with van der Waals surface area (Å²) in [5, 5.41) is 5.85. The number of anilines is 1. The minimum absolute atomic E-state index is 0.474. The Kier molecular flexibility index (Phi) is 4.83. The molecule has 118 valence electrons. The lowest BCUT2D eigenvalue weighted by Gasteiger charge is -2.11. The van der Waals surface area contributed by atoms with Crippen LogP contribution in [0.15, 0.2) is 54.6 Å². The SMILES string of the molecule is COc1ccc(OCCNc2nc(Cl)cc3ccccc23)cc1. The molecule has 0 amide bonds. The smallest absolute Gasteiger partial charge is 0.135 e. The fraction of sp³-hybridized carbons (Fsp3) is 0.167. The van der Waals surface area contributed by atoms with Gasteiger partial charge in [0.15, 0.2) is 0 Å². The standard InChI is InChI=1S/C18H17ClN2O2/c1-22-14-6-8-15(9-7-14)23-11-10-20-18-16-5-3-2-4-13(16)12-17(19)21-18/h2-9,12H,10-11H2,1H3,(H,20,21). The molecule has 2 aromatic carbocycles. The Balaban J connectivity index is 1.60. The predicted octanol–water partition coefficient (Wildman–Crippen LogP) is 4.39. The van der Waals surface area contributed by atoms with E-state index in [0.29, 0.717) is 18.3 Å². The Hall–Kier alpha value is -2.46. The van der Waals surface area contributed by atoms with E-state index in [-0.39, 0.29) is 0 Å². The van der Waals surface area contributed by atoms with Crippen LogP contribution in [0.1, 0.15) is 0 Å². The third kappa shape index (κ3) is 3.85. The number of nitrogens with zero attached hydrogens (tertiary/aromatic N) is 1. The molecule has 0 unspecified atom stereocenters. The summed E-state index contributed by atoms with van der Waals surface area (Å²) in [7, 11) is 1.64. The zero-order valence-corrected chi connectivity index (χ0v) is 13.5. The van der Waals surface area contributed by atoms with E-state index >= 15 is 0 Å². The molecule has 1 N–H and O–H groups in total. The minimum Gasteiger partial charge on any atom is -0.497 e. The third-order valence-corrected chi connectivity index (χ3v) is 3.63. The van der Waals surface area contributed by atoms with Crippen molar-refractivity contribution in [2.45, 2.75) is 0 Å². The van der Waals surface area contributed by atoms with Crippen molar-refractivity contribution in [1.82, 2.24) is 4.98 Å². The number of rotatable bonds is 6. The Bertz CT molecular complexity index is 791. The van der Waals surface area contributed by atoms with Crippen LogP contribution in [0.4, 0.5) is 5.82 Å². The van der Waals surface area contributed by atoms with Crippen LogP contribution < -0.4 is 14.8 Å². The number of benzene rings is 2. The first-order valence-corrected chi connectivity index (χ1v) is 7.70. The molecule has 0 aliphatic carbocycles. The van der Waals surface area contributed by atoms with Crippen molar-refractivity contribution in [3.05, 3.63) is 59.8 Å². The van der Waals surface area contributed by atoms with Crippen molar-refractivity contribution in [1.29, 1.82) is 0 Å². The first-order chi connectivity index (χ1) is 11.3. The molecular weight excluding hydrogens is 312 g/mol. The highest BCUT2D eigenvalue weighted by Gasteiger charge is 2.04. The number of fused-ring (bicyclic) bond motifs is 1. The second-order valence-electron chi connectivity index (χ2n) is 4.97. The molecule has 0 saturated carbocycles. The molecule has 0 saturated heterocycles. The number of hydrogen-bond acceptors (Lipinski definition) is 4. The number of hydrogen-bond donors (Lipinski definition) is 1. The molecule has 4 nitrogen and oxygen atoms in total. The lowest BCUT2D eigenvalue weighted by molar-refractivity contribution is 0.331. The molecule has 5 heteroatoms. The lowest BCUT2D eigenvalue weighted by atomic mass is 10.1. The van der Waals surface area contributed by atoms with Gasteiger partial charge in [-0.15, -0.1) is 0 Å². The van der Waals surface area contributed by atoms with Crippen LogP contribution in [-0.4, -0.2) is 25.2 Å². The molecule has 0 radical (unpaired) electrons. The summed E-state index contributed by atoms with van der Waals surface area (Å²) in [6, 6.07) is 17.4. The molecule has 0 aliphatic rings. The van der Waals surface area contributed by atoms with Crippen molar-refractivity contribution in [2.75, 3.05) is 25.6 Å². The summed E-state index contributed by atoms with van der Waals surface area (Å²) >= 11 is 6.07. The maximum Gasteiger partial charge on any atom is 0.135 e. The fourth-order valence-corrected chi connectivity index (χ4v) is 2.51. The Labute approximate surface area is 140 Å². The van der Waals surface area contributed by atoms with Crippen LogP contribution in [0.2, 0.25) is 5.15 Å². The van der Waals surface area contributed by atoms with E-state index in [1.807, 2.05) is 54.6 Å². The number of methoxy groups -OCH3 is 1. The minimum atomic E-state index is 0.474. The van der Waals surface area contributed by atoms with Crippen LogP contribution in [0.3, 0.4) is 0 Å². The summed E-state index contributed by atoms with van der Waals surface area (Å²) in [4.78, 5) is 4.35. The quantitative estimate of drug-likeness (QED) is 0.538. The van der Waals surface area contributed by atoms with Gasteiger partial charge in [-0.25, -0.2) is 4.98 Å². The van der Waals surface area contributed by atoms with Gasteiger partial charge in [0, 0.05) is 5.39 Å². The van der Waals surface area contributed by atoms with Gasteiger partial charge >= 0.3 is 0 Å². The second kappa shape index (κ2) is 7.20. The van der Waals surface area contributed by atoms with Gasteiger partial charge in [-0.1, -0.05) is 35.9 Å². The van der Waals surface area contributed by atoms with E-state index in [2.05, 4.69) is 10.3 Å². The third-order valence-electron chi connectivity index (χ3n) is 3.43. The summed E-state index contributed by atoms with van der Waals surface area (Å²) in [6.45, 7) is 1.15. The van der Waals surface area contributed by atoms with Crippen LogP contribution in [0.5, 0.6) is 11.5 Å². The molecule has 0 aliphatic heterocycles. The highest BCUT2D eigenvalue weighted by Crippen LogP contribution is 2.24. The number of nitrogens with one attached hydrogen (secondary N) is 1. The van der Waals surface area contributed by atoms with Crippen LogP contribution >= 0.6 is 11.6 Å². The van der Waals surface area contributed by atoms with Crippen LogP contribution in [0.25, 0.3) is 10.8 Å². The van der Waals surface area contributed by atoms with Crippen molar-refractivity contribution in [3.8, 4) is 11.5 Å². The average molecular weight is 329 g/mol. The zero-order valence-electron chi connectivity index (χ0n) is 12.8. The number of aromatic nitrogens is 1. The topological polar surface area (TPSA) is 43.4 Å². The summed E-state index contributed by atoms with van der Waals surface area (Å²) in [5.74, 6) is 2.38. The van der Waals surface area contributed by atoms with E-state index in [9.17, 15) is 0 Å². The maximum atomic E-state index is 6.07. The molecule has 3 aromatic rings. The second-order valence-corrected chi connectivity index (χ2v) is 5.35. The van der Waals surface area contributed by atoms with Gasteiger partial charge in [0.2, 0.25) is 0 Å². The molecule has 0 spiro atoms. The van der Waals surface area contributed by atoms with Crippen molar-refractivity contribution in [3.63, 3.8) is 0 Å². The van der Waals surface area contributed by atoms with Crippen LogP contribution in [0, 0.1) is 0 Å². The van der Waals surface area contributed by atoms with Gasteiger partial charge in [-0.3, -0.25) is 0 Å². The first-order valence-electron chi connectivity index (χ1n) is 7.32. The van der Waals surface area contributed by atoms with Gasteiger partial charge < -0.3 is 14.8 Å². The van der Waals surface area contributed by atoms with Crippen molar-refractivity contribution in [2.24, 2.45) is 0 Å². The Morgan fingerprint density at radius 1 is 1.04 bits per heavy atom. The van der Waals surface area contributed by atoms with Crippen LogP contribution in [-0.2, 0) is 0 Å². The van der Waals surface area contributed by atoms with Gasteiger partial charge in [-0.05, 0) is 35.7 Å². The molecule has 0 bridgehead atoms. The van der Waals surface area contributed by atoms with Gasteiger partial charge in [0.25, 0.3) is 0 Å². The monoisotopic (exact) mass is 328 g/mol. The van der Waals surface area contributed by atoms with Crippen molar-refractivity contribution < 1.29 is 9.47 Å². The van der Waals surface area contributed by atoms with E-state index in [4.69, 9.17) is 21.1 Å². The average Bonchev–Trinajstić information content (AvgIpc) is 2.59. The highest BCUT2D eigenvalue weighted by molar-refractivity contribution is 6.30. The highest BCUT2D eigenvalue weighted by atomic mass is 35.5. The summed E-state index contributed by atoms with van der Waals surface area (Å²) < 4.78 is 10.8. The van der Waals surface area contributed by atoms with E-state index in [1.54, 1.807) is 7.11 Å². The van der Waals surface area contributed by atoms with Crippen molar-refractivity contribution >= 4 is 28.2 Å². The van der Waals surface area contributed by atoms with E-state index < -0.39 is 0 Å². The largest absolute Gasteiger partial charge is 0.497 e. The zero-order chi connectivity index (χ0) is 16.1. The molecule has 0 fully saturated rings. The lowest BCUT2D eigenvalue weighted by Crippen LogP contribution is -2.12.